The van der Waals surface area contributed by atoms with Crippen molar-refractivity contribution in [3.05, 3.63) is 65.5 Å². The molecule has 2 aliphatic rings. The summed E-state index contributed by atoms with van der Waals surface area (Å²) in [7, 11) is 0. The maximum Gasteiger partial charge on any atom is 0.321 e. The predicted octanol–water partition coefficient (Wildman–Crippen LogP) is 5.18. The number of likely N-dealkylation sites (tertiary alicyclic amines) is 2. The van der Waals surface area contributed by atoms with Crippen LogP contribution in [-0.2, 0) is 0 Å². The Balaban J connectivity index is 1.43. The van der Waals surface area contributed by atoms with Gasteiger partial charge in [0.25, 0.3) is 0 Å². The van der Waals surface area contributed by atoms with E-state index in [1.54, 1.807) is 4.90 Å². The summed E-state index contributed by atoms with van der Waals surface area (Å²) in [4.78, 5) is 16.7. The first-order chi connectivity index (χ1) is 14.3. The zero-order valence-corrected chi connectivity index (χ0v) is 17.2. The lowest BCUT2D eigenvalue weighted by molar-refractivity contribution is -0.123. The molecule has 4 rings (SSSR count). The molecule has 2 amide bonds. The Morgan fingerprint density at radius 1 is 1.03 bits per heavy atom. The molecule has 0 radical (unpaired) electrons. The van der Waals surface area contributed by atoms with Gasteiger partial charge in [-0.25, -0.2) is 18.0 Å². The summed E-state index contributed by atoms with van der Waals surface area (Å²) in [6.07, 6.45) is 1.67. The number of nitrogens with one attached hydrogen (secondary N) is 1. The Bertz CT molecular complexity index is 924. The Morgan fingerprint density at radius 3 is 2.30 bits per heavy atom. The molecular weight excluding hydrogens is 391 g/mol. The second-order valence-corrected chi connectivity index (χ2v) is 8.63. The Kier molecular flexibility index (Phi) is 5.49. The van der Waals surface area contributed by atoms with Gasteiger partial charge in [-0.3, -0.25) is 4.90 Å². The average molecular weight is 417 g/mol. The highest BCUT2D eigenvalue weighted by Crippen LogP contribution is 2.55. The molecule has 0 saturated carbocycles. The van der Waals surface area contributed by atoms with Crippen molar-refractivity contribution < 1.29 is 18.0 Å². The molecule has 1 atom stereocenters. The smallest absolute Gasteiger partial charge is 0.321 e. The first-order valence-corrected chi connectivity index (χ1v) is 10.3. The number of carbonyl (C=O) groups is 1. The second-order valence-electron chi connectivity index (χ2n) is 8.63. The standard InChI is InChI=1S/C23H26F3N3O/c1-15(2)29-14-23(21(29)16-3-5-17(24)6-4-16)9-11-28(12-10-23)22(30)27-18-7-8-19(25)20(26)13-18/h3-8,13,15,21H,9-12,14H2,1-2H3,(H,27,30). The lowest BCUT2D eigenvalue weighted by atomic mass is 9.62. The molecule has 2 aromatic rings. The van der Waals surface area contributed by atoms with Gasteiger partial charge in [-0.15, -0.1) is 0 Å². The fourth-order valence-corrected chi connectivity index (χ4v) is 4.81. The van der Waals surface area contributed by atoms with Crippen LogP contribution in [0, 0.1) is 22.9 Å². The minimum absolute atomic E-state index is 0.0564. The van der Waals surface area contributed by atoms with E-state index in [1.165, 1.54) is 18.2 Å². The van der Waals surface area contributed by atoms with Crippen molar-refractivity contribution in [3.63, 3.8) is 0 Å². The van der Waals surface area contributed by atoms with Crippen molar-refractivity contribution in [3.8, 4) is 0 Å². The Hall–Kier alpha value is -2.54. The molecule has 2 saturated heterocycles. The molecular formula is C23H26F3N3O. The second kappa shape index (κ2) is 7.95. The summed E-state index contributed by atoms with van der Waals surface area (Å²) >= 11 is 0. The maximum atomic E-state index is 13.4. The fourth-order valence-electron chi connectivity index (χ4n) is 4.81. The van der Waals surface area contributed by atoms with Crippen LogP contribution in [0.1, 0.15) is 38.3 Å². The van der Waals surface area contributed by atoms with E-state index in [4.69, 9.17) is 0 Å². The molecule has 0 aliphatic carbocycles. The summed E-state index contributed by atoms with van der Waals surface area (Å²) in [6, 6.07) is 10.3. The van der Waals surface area contributed by atoms with E-state index in [0.29, 0.717) is 19.1 Å². The van der Waals surface area contributed by atoms with Crippen LogP contribution in [0.5, 0.6) is 0 Å². The minimum atomic E-state index is -0.990. The van der Waals surface area contributed by atoms with Crippen LogP contribution >= 0.6 is 0 Å². The van der Waals surface area contributed by atoms with Crippen LogP contribution in [-0.4, -0.2) is 41.5 Å². The number of hydrogen-bond acceptors (Lipinski definition) is 2. The summed E-state index contributed by atoms with van der Waals surface area (Å²) in [5.74, 6) is -2.18. The van der Waals surface area contributed by atoms with Crippen molar-refractivity contribution in [1.29, 1.82) is 0 Å². The summed E-state index contributed by atoms with van der Waals surface area (Å²) < 4.78 is 39.9. The number of amides is 2. The monoisotopic (exact) mass is 417 g/mol. The number of hydrogen-bond donors (Lipinski definition) is 1. The predicted molar refractivity (Wildman–Crippen MR) is 110 cm³/mol. The normalized spacial score (nSPS) is 21.0. The number of rotatable bonds is 3. The summed E-state index contributed by atoms with van der Waals surface area (Å²) in [6.45, 7) is 6.44. The molecule has 0 aromatic heterocycles. The van der Waals surface area contributed by atoms with E-state index in [9.17, 15) is 18.0 Å². The van der Waals surface area contributed by atoms with E-state index >= 15 is 0 Å². The number of anilines is 1. The third kappa shape index (κ3) is 3.78. The Labute approximate surface area is 174 Å². The van der Waals surface area contributed by atoms with Crippen molar-refractivity contribution in [1.82, 2.24) is 9.80 Å². The van der Waals surface area contributed by atoms with E-state index in [2.05, 4.69) is 24.1 Å². The van der Waals surface area contributed by atoms with Crippen molar-refractivity contribution in [2.24, 2.45) is 5.41 Å². The van der Waals surface area contributed by atoms with E-state index in [0.717, 1.165) is 37.1 Å². The van der Waals surface area contributed by atoms with Crippen LogP contribution < -0.4 is 5.32 Å². The Morgan fingerprint density at radius 2 is 1.70 bits per heavy atom. The summed E-state index contributed by atoms with van der Waals surface area (Å²) in [5.41, 5.74) is 1.40. The molecule has 1 spiro atoms. The van der Waals surface area contributed by atoms with Crippen LogP contribution in [0.2, 0.25) is 0 Å². The maximum absolute atomic E-state index is 13.4. The highest BCUT2D eigenvalue weighted by molar-refractivity contribution is 5.89. The van der Waals surface area contributed by atoms with Crippen LogP contribution in [0.25, 0.3) is 0 Å². The minimum Gasteiger partial charge on any atom is -0.324 e. The van der Waals surface area contributed by atoms with Crippen molar-refractivity contribution >= 4 is 11.7 Å². The van der Waals surface area contributed by atoms with Gasteiger partial charge in [0.2, 0.25) is 0 Å². The van der Waals surface area contributed by atoms with Crippen LogP contribution in [0.3, 0.4) is 0 Å². The molecule has 2 aromatic carbocycles. The highest BCUT2D eigenvalue weighted by atomic mass is 19.2. The van der Waals surface area contributed by atoms with E-state index < -0.39 is 11.6 Å². The number of nitrogens with zero attached hydrogens (tertiary/aromatic N) is 2. The number of halogens is 3. The van der Waals surface area contributed by atoms with Crippen LogP contribution in [0.4, 0.5) is 23.7 Å². The van der Waals surface area contributed by atoms with E-state index in [-0.39, 0.29) is 29.0 Å². The molecule has 0 bridgehead atoms. The molecule has 2 aliphatic heterocycles. The number of urea groups is 1. The number of piperidine rings is 1. The molecule has 1 N–H and O–H groups in total. The quantitative estimate of drug-likeness (QED) is 0.747. The van der Waals surface area contributed by atoms with Crippen LogP contribution in [0.15, 0.2) is 42.5 Å². The summed E-state index contributed by atoms with van der Waals surface area (Å²) in [5, 5.41) is 2.65. The van der Waals surface area contributed by atoms with Gasteiger partial charge >= 0.3 is 6.03 Å². The molecule has 7 heteroatoms. The van der Waals surface area contributed by atoms with Gasteiger partial charge in [0.05, 0.1) is 0 Å². The zero-order valence-electron chi connectivity index (χ0n) is 17.2. The third-order valence-corrected chi connectivity index (χ3v) is 6.48. The van der Waals surface area contributed by atoms with Gasteiger partial charge in [0, 0.05) is 48.9 Å². The number of benzene rings is 2. The third-order valence-electron chi connectivity index (χ3n) is 6.48. The topological polar surface area (TPSA) is 35.6 Å². The SMILES string of the molecule is CC(C)N1CC2(CCN(C(=O)Nc3ccc(F)c(F)c3)CC2)C1c1ccc(F)cc1. The molecule has 2 heterocycles. The molecule has 4 nitrogen and oxygen atoms in total. The lowest BCUT2D eigenvalue weighted by Crippen LogP contribution is -2.64. The first kappa shape index (κ1) is 20.7. The molecule has 160 valence electrons. The fraction of sp³-hybridized carbons (Fsp3) is 0.435. The largest absolute Gasteiger partial charge is 0.324 e. The zero-order chi connectivity index (χ0) is 21.5. The van der Waals surface area contributed by atoms with Gasteiger partial charge in [-0.1, -0.05) is 12.1 Å². The van der Waals surface area contributed by atoms with E-state index in [1.807, 2.05) is 12.1 Å². The van der Waals surface area contributed by atoms with Gasteiger partial charge in [-0.2, -0.15) is 0 Å². The lowest BCUT2D eigenvalue weighted by Gasteiger charge is -2.62. The average Bonchev–Trinajstić information content (AvgIpc) is 2.71. The van der Waals surface area contributed by atoms with Gasteiger partial charge in [-0.05, 0) is 56.5 Å². The van der Waals surface area contributed by atoms with Crippen molar-refractivity contribution in [2.75, 3.05) is 25.0 Å². The number of carbonyl (C=O) groups excluding carboxylic acids is 1. The molecule has 30 heavy (non-hydrogen) atoms. The van der Waals surface area contributed by atoms with Gasteiger partial charge in [0.15, 0.2) is 11.6 Å². The molecule has 2 fully saturated rings. The van der Waals surface area contributed by atoms with Gasteiger partial charge < -0.3 is 10.2 Å². The molecule has 1 unspecified atom stereocenters. The first-order valence-electron chi connectivity index (χ1n) is 10.3. The van der Waals surface area contributed by atoms with Crippen molar-refractivity contribution in [2.45, 2.75) is 38.8 Å². The van der Waals surface area contributed by atoms with Gasteiger partial charge in [0.1, 0.15) is 5.82 Å². The highest BCUT2D eigenvalue weighted by Gasteiger charge is 2.54.